The molecule has 140 valence electrons. The maximum absolute atomic E-state index is 5.90. The summed E-state index contributed by atoms with van der Waals surface area (Å²) in [6.45, 7) is 2.50. The van der Waals surface area contributed by atoms with E-state index < -0.39 is 0 Å². The van der Waals surface area contributed by atoms with Gasteiger partial charge in [-0.3, -0.25) is 4.90 Å². The van der Waals surface area contributed by atoms with E-state index in [9.17, 15) is 0 Å². The summed E-state index contributed by atoms with van der Waals surface area (Å²) in [5.41, 5.74) is 0. The lowest BCUT2D eigenvalue weighted by Crippen LogP contribution is -2.51. The lowest BCUT2D eigenvalue weighted by molar-refractivity contribution is -0.0382. The zero-order valence-electron chi connectivity index (χ0n) is 15.5. The van der Waals surface area contributed by atoms with Crippen molar-refractivity contribution in [2.24, 2.45) is 18.9 Å². The third kappa shape index (κ3) is 2.72. The molecule has 0 amide bonds. The molecule has 26 heavy (non-hydrogen) atoms. The van der Waals surface area contributed by atoms with Crippen LogP contribution in [0.25, 0.3) is 0 Å². The molecule has 6 unspecified atom stereocenters. The predicted molar refractivity (Wildman–Crippen MR) is 100 cm³/mol. The molecule has 3 aliphatic rings. The van der Waals surface area contributed by atoms with Crippen molar-refractivity contribution in [1.82, 2.24) is 25.1 Å². The van der Waals surface area contributed by atoms with E-state index in [-0.39, 0.29) is 12.0 Å². The van der Waals surface area contributed by atoms with E-state index in [0.717, 1.165) is 24.6 Å². The van der Waals surface area contributed by atoms with Crippen LogP contribution in [0.4, 0.5) is 0 Å². The van der Waals surface area contributed by atoms with Gasteiger partial charge in [-0.15, -0.1) is 21.5 Å². The lowest BCUT2D eigenvalue weighted by Gasteiger charge is -2.49. The molecule has 0 N–H and O–H groups in total. The van der Waals surface area contributed by atoms with Crippen LogP contribution < -0.4 is 0 Å². The number of hydrogen-bond donors (Lipinski definition) is 0. The number of piperidine rings is 1. The van der Waals surface area contributed by atoms with Gasteiger partial charge >= 0.3 is 0 Å². The van der Waals surface area contributed by atoms with Crippen LogP contribution in [0, 0.1) is 11.8 Å². The fourth-order valence-electron chi connectivity index (χ4n) is 5.86. The van der Waals surface area contributed by atoms with Crippen LogP contribution in [0.2, 0.25) is 0 Å². The molecule has 5 rings (SSSR count). The SMILES string of the molecule is COC1CC2CCN3CCC(c4cccs4)C3C2CC1c1nnn(C)n1. The van der Waals surface area contributed by atoms with E-state index in [1.54, 1.807) is 9.67 Å². The van der Waals surface area contributed by atoms with Gasteiger partial charge in [-0.1, -0.05) is 6.07 Å². The molecular formula is C19H27N5OS. The molecule has 2 aromatic rings. The molecule has 2 aliphatic heterocycles. The first-order valence-electron chi connectivity index (χ1n) is 9.78. The molecule has 0 aromatic carbocycles. The van der Waals surface area contributed by atoms with Gasteiger partial charge in [-0.2, -0.15) is 4.80 Å². The van der Waals surface area contributed by atoms with Crippen LogP contribution in [0.15, 0.2) is 17.5 Å². The Kier molecular flexibility index (Phi) is 4.33. The molecule has 4 heterocycles. The van der Waals surface area contributed by atoms with Gasteiger partial charge in [0.1, 0.15) is 0 Å². The van der Waals surface area contributed by atoms with E-state index >= 15 is 0 Å². The van der Waals surface area contributed by atoms with Gasteiger partial charge in [0.25, 0.3) is 0 Å². The third-order valence-corrected chi connectivity index (χ3v) is 7.97. The van der Waals surface area contributed by atoms with Gasteiger partial charge in [0.15, 0.2) is 5.82 Å². The predicted octanol–water partition coefficient (Wildman–Crippen LogP) is 2.66. The van der Waals surface area contributed by atoms with Crippen molar-refractivity contribution >= 4 is 11.3 Å². The number of tetrazole rings is 1. The van der Waals surface area contributed by atoms with Crippen molar-refractivity contribution in [2.45, 2.75) is 49.7 Å². The minimum atomic E-state index is 0.216. The van der Waals surface area contributed by atoms with E-state index in [0.29, 0.717) is 17.9 Å². The summed E-state index contributed by atoms with van der Waals surface area (Å²) < 4.78 is 5.90. The fraction of sp³-hybridized carbons (Fsp3) is 0.737. The topological polar surface area (TPSA) is 56.1 Å². The second kappa shape index (κ2) is 6.69. The number of nitrogens with zero attached hydrogens (tertiary/aromatic N) is 5. The standard InChI is InChI=1S/C19H27N5OS/c1-23-21-19(20-22-23)15-11-14-12(10-16(15)25-2)5-7-24-8-6-13(18(14)24)17-4-3-9-26-17/h3-4,9,12-16,18H,5-8,10-11H2,1-2H3. The Balaban J connectivity index is 1.45. The number of methoxy groups -OCH3 is 1. The van der Waals surface area contributed by atoms with Crippen molar-refractivity contribution in [3.63, 3.8) is 0 Å². The summed E-state index contributed by atoms with van der Waals surface area (Å²) in [5.74, 6) is 3.28. The maximum Gasteiger partial charge on any atom is 0.180 e. The molecule has 2 aromatic heterocycles. The molecule has 6 nitrogen and oxygen atoms in total. The molecule has 0 radical (unpaired) electrons. The summed E-state index contributed by atoms with van der Waals surface area (Å²) in [7, 11) is 3.68. The first kappa shape index (κ1) is 16.8. The van der Waals surface area contributed by atoms with Crippen LogP contribution in [-0.4, -0.2) is 57.5 Å². The van der Waals surface area contributed by atoms with Crippen molar-refractivity contribution in [3.05, 3.63) is 28.2 Å². The highest BCUT2D eigenvalue weighted by Gasteiger charge is 2.51. The Morgan fingerprint density at radius 3 is 2.81 bits per heavy atom. The van der Waals surface area contributed by atoms with E-state index in [2.05, 4.69) is 37.8 Å². The van der Waals surface area contributed by atoms with Gasteiger partial charge in [0.05, 0.1) is 13.2 Å². The van der Waals surface area contributed by atoms with Crippen LogP contribution in [0.1, 0.15) is 48.2 Å². The van der Waals surface area contributed by atoms with E-state index in [1.165, 1.54) is 25.9 Å². The highest BCUT2D eigenvalue weighted by Crippen LogP contribution is 2.52. The summed E-state index contributed by atoms with van der Waals surface area (Å²) in [6.07, 6.45) is 5.08. The van der Waals surface area contributed by atoms with Gasteiger partial charge < -0.3 is 4.74 Å². The molecule has 6 atom stereocenters. The number of hydrogen-bond acceptors (Lipinski definition) is 6. The summed E-state index contributed by atoms with van der Waals surface area (Å²) in [5, 5.41) is 15.2. The molecule has 7 heteroatoms. The van der Waals surface area contributed by atoms with Gasteiger partial charge in [-0.25, -0.2) is 0 Å². The Morgan fingerprint density at radius 1 is 1.19 bits per heavy atom. The molecule has 3 fully saturated rings. The van der Waals surface area contributed by atoms with E-state index in [4.69, 9.17) is 4.74 Å². The first-order chi connectivity index (χ1) is 12.7. The average molecular weight is 374 g/mol. The Bertz CT molecular complexity index is 747. The number of rotatable bonds is 3. The second-order valence-electron chi connectivity index (χ2n) is 8.14. The molecule has 2 saturated heterocycles. The minimum Gasteiger partial charge on any atom is -0.381 e. The zero-order chi connectivity index (χ0) is 17.7. The monoisotopic (exact) mass is 373 g/mol. The number of fused-ring (bicyclic) bond motifs is 3. The van der Waals surface area contributed by atoms with Gasteiger partial charge in [0.2, 0.25) is 0 Å². The van der Waals surface area contributed by atoms with Gasteiger partial charge in [-0.05, 0) is 67.3 Å². The van der Waals surface area contributed by atoms with Crippen molar-refractivity contribution in [2.75, 3.05) is 20.2 Å². The van der Waals surface area contributed by atoms with Crippen molar-refractivity contribution in [3.8, 4) is 0 Å². The normalized spacial score (nSPS) is 37.5. The molecule has 1 aliphatic carbocycles. The number of aromatic nitrogens is 4. The molecule has 0 spiro atoms. The largest absolute Gasteiger partial charge is 0.381 e. The van der Waals surface area contributed by atoms with Crippen LogP contribution in [0.3, 0.4) is 0 Å². The van der Waals surface area contributed by atoms with E-state index in [1.807, 2.05) is 25.5 Å². The average Bonchev–Trinajstić information content (AvgIpc) is 3.40. The maximum atomic E-state index is 5.90. The summed E-state index contributed by atoms with van der Waals surface area (Å²) >= 11 is 1.93. The third-order valence-electron chi connectivity index (χ3n) is 6.97. The Labute approximate surface area is 158 Å². The van der Waals surface area contributed by atoms with Crippen molar-refractivity contribution in [1.29, 1.82) is 0 Å². The number of thiophene rings is 1. The summed E-state index contributed by atoms with van der Waals surface area (Å²) in [6, 6.07) is 5.21. The number of aryl methyl sites for hydroxylation is 1. The zero-order valence-corrected chi connectivity index (χ0v) is 16.3. The fourth-order valence-corrected chi connectivity index (χ4v) is 6.76. The number of ether oxygens (including phenoxy) is 1. The highest BCUT2D eigenvalue weighted by atomic mass is 32.1. The Morgan fingerprint density at radius 2 is 2.08 bits per heavy atom. The Hall–Kier alpha value is -1.31. The van der Waals surface area contributed by atoms with Gasteiger partial charge in [0, 0.05) is 29.9 Å². The second-order valence-corrected chi connectivity index (χ2v) is 9.12. The summed E-state index contributed by atoms with van der Waals surface area (Å²) in [4.78, 5) is 5.91. The van der Waals surface area contributed by atoms with Crippen LogP contribution >= 0.6 is 11.3 Å². The highest BCUT2D eigenvalue weighted by molar-refractivity contribution is 7.10. The van der Waals surface area contributed by atoms with Crippen LogP contribution in [-0.2, 0) is 11.8 Å². The molecular weight excluding hydrogens is 346 g/mol. The first-order valence-corrected chi connectivity index (χ1v) is 10.7. The molecule has 1 saturated carbocycles. The smallest absolute Gasteiger partial charge is 0.180 e. The van der Waals surface area contributed by atoms with Crippen molar-refractivity contribution < 1.29 is 4.74 Å². The quantitative estimate of drug-likeness (QED) is 0.828. The minimum absolute atomic E-state index is 0.216. The van der Waals surface area contributed by atoms with Crippen LogP contribution in [0.5, 0.6) is 0 Å². The lowest BCUT2D eigenvalue weighted by atomic mass is 9.64. The molecule has 0 bridgehead atoms.